The molecular formula is C23H32FN3O3S. The molecule has 0 heterocycles. The molecule has 0 unspecified atom stereocenters. The second-order valence-corrected chi connectivity index (χ2v) is 9.45. The second kappa shape index (κ2) is 11.4. The molecule has 0 bridgehead atoms. The van der Waals surface area contributed by atoms with E-state index in [1.54, 1.807) is 13.8 Å². The molecule has 0 fully saturated rings. The van der Waals surface area contributed by atoms with Gasteiger partial charge in [0.1, 0.15) is 16.8 Å². The minimum atomic E-state index is -4.18. The van der Waals surface area contributed by atoms with Crippen LogP contribution in [-0.4, -0.2) is 38.4 Å². The van der Waals surface area contributed by atoms with Crippen LogP contribution in [-0.2, 0) is 27.9 Å². The molecule has 6 nitrogen and oxygen atoms in total. The van der Waals surface area contributed by atoms with Crippen LogP contribution >= 0.6 is 0 Å². The second-order valence-electron chi connectivity index (χ2n) is 7.77. The van der Waals surface area contributed by atoms with Gasteiger partial charge in [0, 0.05) is 13.1 Å². The maximum Gasteiger partial charge on any atom is 0.244 e. The Morgan fingerprint density at radius 1 is 1.00 bits per heavy atom. The molecule has 2 aromatic rings. The highest BCUT2D eigenvalue weighted by Gasteiger charge is 2.29. The van der Waals surface area contributed by atoms with E-state index in [0.717, 1.165) is 31.3 Å². The van der Waals surface area contributed by atoms with Crippen molar-refractivity contribution < 1.29 is 17.6 Å². The summed E-state index contributed by atoms with van der Waals surface area (Å²) in [7, 11) is -4.18. The van der Waals surface area contributed by atoms with Crippen molar-refractivity contribution in [3.05, 3.63) is 65.5 Å². The summed E-state index contributed by atoms with van der Waals surface area (Å²) in [5.41, 5.74) is 2.10. The number of halogens is 1. The number of hydrogen-bond donors (Lipinski definition) is 2. The summed E-state index contributed by atoms with van der Waals surface area (Å²) in [6, 6.07) is 12.0. The predicted molar refractivity (Wildman–Crippen MR) is 120 cm³/mol. The Kier molecular flexibility index (Phi) is 9.15. The van der Waals surface area contributed by atoms with Crippen molar-refractivity contribution in [2.45, 2.75) is 51.7 Å². The molecule has 0 saturated heterocycles. The van der Waals surface area contributed by atoms with Crippen molar-refractivity contribution in [3.8, 4) is 0 Å². The molecule has 31 heavy (non-hydrogen) atoms. The monoisotopic (exact) mass is 449 g/mol. The van der Waals surface area contributed by atoms with Crippen LogP contribution in [0.4, 0.5) is 4.39 Å². The fraction of sp³-hybridized carbons (Fsp3) is 0.435. The number of benzene rings is 2. The number of nitrogens with zero attached hydrogens (tertiary/aromatic N) is 1. The zero-order valence-corrected chi connectivity index (χ0v) is 19.4. The zero-order valence-electron chi connectivity index (χ0n) is 18.6. The van der Waals surface area contributed by atoms with Crippen molar-refractivity contribution in [2.75, 3.05) is 13.1 Å². The third kappa shape index (κ3) is 7.12. The van der Waals surface area contributed by atoms with Gasteiger partial charge in [-0.1, -0.05) is 64.1 Å². The molecule has 0 spiro atoms. The Balaban J connectivity index is 2.02. The number of amides is 1. The van der Waals surface area contributed by atoms with Crippen LogP contribution in [0.15, 0.2) is 53.4 Å². The third-order valence-corrected chi connectivity index (χ3v) is 6.62. The Labute approximate surface area is 184 Å². The van der Waals surface area contributed by atoms with Crippen molar-refractivity contribution in [1.29, 1.82) is 0 Å². The number of sulfonamides is 1. The first-order chi connectivity index (χ1) is 14.7. The molecule has 0 aliphatic rings. The van der Waals surface area contributed by atoms with E-state index in [1.807, 2.05) is 24.3 Å². The topological polar surface area (TPSA) is 78.5 Å². The van der Waals surface area contributed by atoms with Crippen LogP contribution in [0.3, 0.4) is 0 Å². The lowest BCUT2D eigenvalue weighted by Gasteiger charge is -2.22. The summed E-state index contributed by atoms with van der Waals surface area (Å²) in [6.07, 6.45) is 0. The van der Waals surface area contributed by atoms with Crippen LogP contribution in [0, 0.1) is 11.7 Å². The van der Waals surface area contributed by atoms with Crippen LogP contribution in [0.5, 0.6) is 0 Å². The molecule has 0 aliphatic heterocycles. The summed E-state index contributed by atoms with van der Waals surface area (Å²) in [6.45, 7) is 10.8. The zero-order chi connectivity index (χ0) is 23.0. The first kappa shape index (κ1) is 25.0. The molecule has 0 saturated carbocycles. The summed E-state index contributed by atoms with van der Waals surface area (Å²) < 4.78 is 41.5. The van der Waals surface area contributed by atoms with Gasteiger partial charge in [-0.25, -0.2) is 12.8 Å². The van der Waals surface area contributed by atoms with Gasteiger partial charge in [-0.05, 0) is 42.3 Å². The predicted octanol–water partition coefficient (Wildman–Crippen LogP) is 3.29. The number of carbonyl (C=O) groups is 1. The van der Waals surface area contributed by atoms with Crippen molar-refractivity contribution >= 4 is 15.9 Å². The van der Waals surface area contributed by atoms with E-state index in [-0.39, 0.29) is 12.5 Å². The van der Waals surface area contributed by atoms with Gasteiger partial charge in [0.25, 0.3) is 0 Å². The molecule has 2 aromatic carbocycles. The average molecular weight is 450 g/mol. The Bertz CT molecular complexity index is 958. The minimum absolute atomic E-state index is 0.273. The van der Waals surface area contributed by atoms with Gasteiger partial charge in [0.15, 0.2) is 0 Å². The van der Waals surface area contributed by atoms with E-state index in [4.69, 9.17) is 0 Å². The summed E-state index contributed by atoms with van der Waals surface area (Å²) in [5.74, 6) is -1.64. The quantitative estimate of drug-likeness (QED) is 0.552. The number of carbonyl (C=O) groups excluding carboxylic acids is 1. The largest absolute Gasteiger partial charge is 0.351 e. The number of nitrogens with one attached hydrogen (secondary N) is 2. The van der Waals surface area contributed by atoms with Crippen molar-refractivity contribution in [2.24, 2.45) is 5.92 Å². The summed E-state index contributed by atoms with van der Waals surface area (Å²) in [5, 5.41) is 2.78. The van der Waals surface area contributed by atoms with Gasteiger partial charge in [0.2, 0.25) is 15.9 Å². The van der Waals surface area contributed by atoms with Gasteiger partial charge < -0.3 is 5.32 Å². The van der Waals surface area contributed by atoms with Crippen LogP contribution in [0.1, 0.15) is 38.8 Å². The lowest BCUT2D eigenvalue weighted by Crippen LogP contribution is -2.49. The highest BCUT2D eigenvalue weighted by atomic mass is 32.2. The molecule has 2 rings (SSSR count). The van der Waals surface area contributed by atoms with E-state index < -0.39 is 32.7 Å². The SMILES string of the molecule is CCN(CC)Cc1ccc(CNC(=O)[C@@H](NS(=O)(=O)c2ccccc2F)C(C)C)cc1. The first-order valence-corrected chi connectivity index (χ1v) is 12.0. The van der Waals surface area contributed by atoms with Gasteiger partial charge >= 0.3 is 0 Å². The molecule has 0 aliphatic carbocycles. The summed E-state index contributed by atoms with van der Waals surface area (Å²) in [4.78, 5) is 14.5. The highest BCUT2D eigenvalue weighted by molar-refractivity contribution is 7.89. The van der Waals surface area contributed by atoms with Crippen LogP contribution in [0.2, 0.25) is 0 Å². The smallest absolute Gasteiger partial charge is 0.244 e. The fourth-order valence-corrected chi connectivity index (χ4v) is 4.58. The molecule has 170 valence electrons. The van der Waals surface area contributed by atoms with Crippen LogP contribution in [0.25, 0.3) is 0 Å². The van der Waals surface area contributed by atoms with Crippen molar-refractivity contribution in [3.63, 3.8) is 0 Å². The molecule has 0 radical (unpaired) electrons. The minimum Gasteiger partial charge on any atom is -0.351 e. The third-order valence-electron chi connectivity index (χ3n) is 5.15. The lowest BCUT2D eigenvalue weighted by molar-refractivity contribution is -0.123. The molecule has 1 amide bonds. The number of rotatable bonds is 11. The van der Waals surface area contributed by atoms with Crippen LogP contribution < -0.4 is 10.0 Å². The Morgan fingerprint density at radius 3 is 2.13 bits per heavy atom. The lowest BCUT2D eigenvalue weighted by atomic mass is 10.0. The Hall–Kier alpha value is -2.29. The maximum atomic E-state index is 13.9. The maximum absolute atomic E-state index is 13.9. The molecule has 8 heteroatoms. The molecule has 2 N–H and O–H groups in total. The van der Waals surface area contributed by atoms with E-state index in [0.29, 0.717) is 0 Å². The van der Waals surface area contributed by atoms with Gasteiger partial charge in [-0.15, -0.1) is 0 Å². The average Bonchev–Trinajstić information content (AvgIpc) is 2.75. The van der Waals surface area contributed by atoms with E-state index in [9.17, 15) is 17.6 Å². The van der Waals surface area contributed by atoms with E-state index in [1.165, 1.54) is 23.8 Å². The first-order valence-electron chi connectivity index (χ1n) is 10.5. The Morgan fingerprint density at radius 2 is 1.58 bits per heavy atom. The summed E-state index contributed by atoms with van der Waals surface area (Å²) >= 11 is 0. The molecule has 1 atom stereocenters. The number of hydrogen-bond acceptors (Lipinski definition) is 4. The molecule has 0 aromatic heterocycles. The van der Waals surface area contributed by atoms with Gasteiger partial charge in [-0.2, -0.15) is 4.72 Å². The molecular weight excluding hydrogens is 417 g/mol. The fourth-order valence-electron chi connectivity index (χ4n) is 3.15. The highest BCUT2D eigenvalue weighted by Crippen LogP contribution is 2.16. The standard InChI is InChI=1S/C23H32FN3O3S/c1-5-27(6-2)16-19-13-11-18(12-14-19)15-25-23(28)22(17(3)4)26-31(29,30)21-10-8-7-9-20(21)24/h7-14,17,22,26H,5-6,15-16H2,1-4H3,(H,25,28)/t22-/m0/s1. The van der Waals surface area contributed by atoms with Gasteiger partial charge in [-0.3, -0.25) is 9.69 Å². The van der Waals surface area contributed by atoms with Crippen molar-refractivity contribution in [1.82, 2.24) is 14.9 Å². The van der Waals surface area contributed by atoms with E-state index >= 15 is 0 Å². The van der Waals surface area contributed by atoms with Gasteiger partial charge in [0.05, 0.1) is 0 Å². The van der Waals surface area contributed by atoms with E-state index in [2.05, 4.69) is 28.8 Å². The normalized spacial score (nSPS) is 12.9.